The molecule has 0 aliphatic heterocycles. The van der Waals surface area contributed by atoms with Gasteiger partial charge >= 0.3 is 0 Å². The Morgan fingerprint density at radius 2 is 1.95 bits per heavy atom. The average molecular weight is 325 g/mol. The van der Waals surface area contributed by atoms with E-state index in [0.717, 1.165) is 24.8 Å². The van der Waals surface area contributed by atoms with E-state index >= 15 is 0 Å². The smallest absolute Gasteiger partial charge is 0.246 e. The number of amides is 1. The fourth-order valence-electron chi connectivity index (χ4n) is 3.43. The summed E-state index contributed by atoms with van der Waals surface area (Å²) in [6.07, 6.45) is 4.56. The first-order valence-corrected chi connectivity index (χ1v) is 8.88. The number of nitrogens with one attached hydrogen (secondary N) is 1. The number of aryl methyl sites for hydroxylation is 1. The first-order chi connectivity index (χ1) is 10.6. The molecule has 1 aliphatic rings. The maximum Gasteiger partial charge on any atom is 0.246 e. The van der Waals surface area contributed by atoms with Gasteiger partial charge in [-0.05, 0) is 37.2 Å². The monoisotopic (exact) mass is 325 g/mol. The Balaban J connectivity index is 2.08. The molecule has 5 nitrogen and oxygen atoms in total. The zero-order chi connectivity index (χ0) is 15.9. The number of carbonyl (C=O) groups is 1. The molecule has 4 unspecified atom stereocenters. The van der Waals surface area contributed by atoms with Crippen molar-refractivity contribution in [2.24, 2.45) is 11.8 Å². The van der Waals surface area contributed by atoms with Crippen LogP contribution in [-0.4, -0.2) is 25.1 Å². The Hall–Kier alpha value is -1.24. The lowest BCUT2D eigenvalue weighted by molar-refractivity contribution is -0.136. The number of hydrogen-bond acceptors (Lipinski definition) is 3. The predicted octanol–water partition coefficient (Wildman–Crippen LogP) is 2.52. The fourth-order valence-corrected chi connectivity index (χ4v) is 4.38. The van der Waals surface area contributed by atoms with E-state index in [4.69, 9.17) is 5.21 Å². The summed E-state index contributed by atoms with van der Waals surface area (Å²) in [6.45, 7) is 0. The number of carbonyl (C=O) groups excluding carboxylic acids is 1. The van der Waals surface area contributed by atoms with Crippen molar-refractivity contribution >= 4 is 17.0 Å². The van der Waals surface area contributed by atoms with Gasteiger partial charge in [0.25, 0.3) is 0 Å². The minimum atomic E-state index is -1.98. The summed E-state index contributed by atoms with van der Waals surface area (Å²) in [6, 6.07) is 9.83. The second-order valence-electron chi connectivity index (χ2n) is 5.87. The summed E-state index contributed by atoms with van der Waals surface area (Å²) in [5.74, 6) is -0.967. The summed E-state index contributed by atoms with van der Waals surface area (Å²) in [4.78, 5) is 11.8. The van der Waals surface area contributed by atoms with Crippen LogP contribution >= 0.6 is 0 Å². The van der Waals surface area contributed by atoms with Crippen LogP contribution in [0.25, 0.3) is 0 Å². The van der Waals surface area contributed by atoms with Gasteiger partial charge in [0.05, 0.1) is 5.25 Å². The second kappa shape index (κ2) is 8.41. The lowest BCUT2D eigenvalue weighted by Gasteiger charge is -2.34. The number of hydroxylamine groups is 1. The van der Waals surface area contributed by atoms with Crippen molar-refractivity contribution in [2.45, 2.75) is 43.8 Å². The minimum Gasteiger partial charge on any atom is -0.306 e. The molecule has 0 heterocycles. The molecule has 1 saturated carbocycles. The van der Waals surface area contributed by atoms with Crippen molar-refractivity contribution in [1.82, 2.24) is 5.48 Å². The summed E-state index contributed by atoms with van der Waals surface area (Å²) in [5.41, 5.74) is 2.83. The van der Waals surface area contributed by atoms with Gasteiger partial charge < -0.3 is 4.55 Å². The molecular formula is C16H23NO4S. The molecule has 3 N–H and O–H groups in total. The Bertz CT molecular complexity index is 508. The Morgan fingerprint density at radius 3 is 2.59 bits per heavy atom. The van der Waals surface area contributed by atoms with E-state index in [0.29, 0.717) is 19.3 Å². The first kappa shape index (κ1) is 17.1. The molecule has 6 heteroatoms. The van der Waals surface area contributed by atoms with Crippen LogP contribution in [-0.2, 0) is 22.3 Å². The number of hydrogen-bond donors (Lipinski definition) is 3. The average Bonchev–Trinajstić information content (AvgIpc) is 2.55. The van der Waals surface area contributed by atoms with Gasteiger partial charge in [0.15, 0.2) is 11.1 Å². The van der Waals surface area contributed by atoms with Crippen molar-refractivity contribution < 1.29 is 18.8 Å². The molecule has 0 spiro atoms. The van der Waals surface area contributed by atoms with E-state index < -0.39 is 22.2 Å². The Kier molecular flexibility index (Phi) is 6.54. The van der Waals surface area contributed by atoms with Crippen molar-refractivity contribution in [3.8, 4) is 0 Å². The van der Waals surface area contributed by atoms with Gasteiger partial charge in [0.2, 0.25) is 5.91 Å². The van der Waals surface area contributed by atoms with Crippen molar-refractivity contribution in [3.05, 3.63) is 35.9 Å². The van der Waals surface area contributed by atoms with Crippen LogP contribution in [0.15, 0.2) is 30.3 Å². The van der Waals surface area contributed by atoms with Gasteiger partial charge in [-0.25, -0.2) is 9.69 Å². The molecule has 1 fully saturated rings. The van der Waals surface area contributed by atoms with E-state index in [2.05, 4.69) is 0 Å². The van der Waals surface area contributed by atoms with Gasteiger partial charge in [-0.2, -0.15) is 0 Å². The lowest BCUT2D eigenvalue weighted by Crippen LogP contribution is -2.41. The maximum absolute atomic E-state index is 11.8. The molecule has 1 aromatic rings. The molecule has 1 aromatic carbocycles. The van der Waals surface area contributed by atoms with Crippen LogP contribution in [0.5, 0.6) is 0 Å². The third kappa shape index (κ3) is 4.38. The normalized spacial score (nSPS) is 24.5. The molecule has 122 valence electrons. The molecule has 2 rings (SSSR count). The minimum absolute atomic E-state index is 0.157. The van der Waals surface area contributed by atoms with Crippen LogP contribution < -0.4 is 5.48 Å². The molecule has 4 atom stereocenters. The number of rotatable bonds is 6. The van der Waals surface area contributed by atoms with Gasteiger partial charge in [0, 0.05) is 5.92 Å². The highest BCUT2D eigenvalue weighted by Crippen LogP contribution is 2.36. The van der Waals surface area contributed by atoms with Crippen LogP contribution in [0.4, 0.5) is 0 Å². The highest BCUT2D eigenvalue weighted by Gasteiger charge is 2.38. The van der Waals surface area contributed by atoms with E-state index in [1.165, 1.54) is 0 Å². The van der Waals surface area contributed by atoms with Crippen molar-refractivity contribution in [2.75, 3.05) is 0 Å². The topological polar surface area (TPSA) is 86.6 Å². The zero-order valence-corrected chi connectivity index (χ0v) is 13.3. The first-order valence-electron chi connectivity index (χ1n) is 7.71. The van der Waals surface area contributed by atoms with Gasteiger partial charge in [0.1, 0.15) is 0 Å². The molecule has 0 radical (unpaired) electrons. The third-order valence-corrected chi connectivity index (χ3v) is 5.67. The van der Waals surface area contributed by atoms with E-state index in [1.807, 2.05) is 30.3 Å². The largest absolute Gasteiger partial charge is 0.306 e. The fraction of sp³-hybridized carbons (Fsp3) is 0.562. The summed E-state index contributed by atoms with van der Waals surface area (Å²) < 4.78 is 21.5. The van der Waals surface area contributed by atoms with Crippen LogP contribution in [0.1, 0.15) is 37.7 Å². The third-order valence-electron chi connectivity index (χ3n) is 4.56. The van der Waals surface area contributed by atoms with Crippen LogP contribution in [0.3, 0.4) is 0 Å². The quantitative estimate of drug-likeness (QED) is 0.426. The SMILES string of the molecule is O=C(NO)C1CCCCC1C(CCc1ccccc1)S(=O)O. The van der Waals surface area contributed by atoms with Crippen LogP contribution in [0, 0.1) is 11.8 Å². The molecule has 22 heavy (non-hydrogen) atoms. The zero-order valence-electron chi connectivity index (χ0n) is 12.5. The summed E-state index contributed by atoms with van der Waals surface area (Å²) in [5, 5.41) is 8.45. The molecule has 0 aromatic heterocycles. The molecule has 1 aliphatic carbocycles. The molecule has 0 bridgehead atoms. The lowest BCUT2D eigenvalue weighted by atomic mass is 9.76. The van der Waals surface area contributed by atoms with Crippen molar-refractivity contribution in [3.63, 3.8) is 0 Å². The standard InChI is InChI=1S/C16H23NO4S/c18-16(17-19)14-9-5-4-8-13(14)15(22(20)21)11-10-12-6-2-1-3-7-12/h1-3,6-7,13-15,19H,4-5,8-11H2,(H,17,18)(H,20,21). The molecular weight excluding hydrogens is 302 g/mol. The van der Waals surface area contributed by atoms with Crippen molar-refractivity contribution in [1.29, 1.82) is 0 Å². The highest BCUT2D eigenvalue weighted by molar-refractivity contribution is 7.79. The second-order valence-corrected chi connectivity index (χ2v) is 7.03. The van der Waals surface area contributed by atoms with Gasteiger partial charge in [-0.3, -0.25) is 10.0 Å². The Labute approximate surface area is 133 Å². The van der Waals surface area contributed by atoms with E-state index in [1.54, 1.807) is 5.48 Å². The van der Waals surface area contributed by atoms with Gasteiger partial charge in [-0.1, -0.05) is 43.2 Å². The van der Waals surface area contributed by atoms with Crippen LogP contribution in [0.2, 0.25) is 0 Å². The van der Waals surface area contributed by atoms with Gasteiger partial charge in [-0.15, -0.1) is 0 Å². The predicted molar refractivity (Wildman–Crippen MR) is 84.7 cm³/mol. The maximum atomic E-state index is 11.8. The number of benzene rings is 1. The molecule has 1 amide bonds. The molecule has 0 saturated heterocycles. The summed E-state index contributed by atoms with van der Waals surface area (Å²) in [7, 11) is 0. The van der Waals surface area contributed by atoms with E-state index in [9.17, 15) is 13.6 Å². The van der Waals surface area contributed by atoms with E-state index in [-0.39, 0.29) is 11.8 Å². The highest BCUT2D eigenvalue weighted by atomic mass is 32.2. The Morgan fingerprint density at radius 1 is 1.27 bits per heavy atom. The summed E-state index contributed by atoms with van der Waals surface area (Å²) >= 11 is -1.98.